The van der Waals surface area contributed by atoms with Crippen LogP contribution in [0.4, 0.5) is 4.39 Å². The van der Waals surface area contributed by atoms with E-state index in [1.165, 1.54) is 12.1 Å². The number of halogens is 2. The van der Waals surface area contributed by atoms with Gasteiger partial charge in [-0.25, -0.2) is 4.39 Å². The molecule has 1 saturated carbocycles. The van der Waals surface area contributed by atoms with Gasteiger partial charge in [0, 0.05) is 31.6 Å². The SMILES string of the molecule is C[C@H]1CNCCN1C(=O)C1CC1c1ccc(F)cc1.Cl. The van der Waals surface area contributed by atoms with Gasteiger partial charge in [-0.3, -0.25) is 4.79 Å². The lowest BCUT2D eigenvalue weighted by Gasteiger charge is -2.34. The van der Waals surface area contributed by atoms with Crippen LogP contribution in [0.1, 0.15) is 24.8 Å². The number of benzene rings is 1. The minimum atomic E-state index is -0.219. The molecular weight excluding hydrogens is 279 g/mol. The Balaban J connectivity index is 0.00000147. The molecular formula is C15H20ClFN2O. The zero-order valence-electron chi connectivity index (χ0n) is 11.5. The van der Waals surface area contributed by atoms with Crippen LogP contribution in [-0.4, -0.2) is 36.5 Å². The van der Waals surface area contributed by atoms with Crippen molar-refractivity contribution >= 4 is 18.3 Å². The second-order valence-corrected chi connectivity index (χ2v) is 5.59. The van der Waals surface area contributed by atoms with Gasteiger partial charge >= 0.3 is 0 Å². The number of nitrogens with zero attached hydrogens (tertiary/aromatic N) is 1. The Bertz CT molecular complexity index is 479. The lowest BCUT2D eigenvalue weighted by Crippen LogP contribution is -2.52. The van der Waals surface area contributed by atoms with E-state index in [0.717, 1.165) is 31.6 Å². The van der Waals surface area contributed by atoms with Gasteiger partial charge in [0.1, 0.15) is 5.82 Å². The van der Waals surface area contributed by atoms with Gasteiger partial charge in [-0.15, -0.1) is 12.4 Å². The first-order valence-electron chi connectivity index (χ1n) is 6.93. The number of piperazine rings is 1. The van der Waals surface area contributed by atoms with E-state index in [2.05, 4.69) is 12.2 Å². The van der Waals surface area contributed by atoms with Crippen molar-refractivity contribution in [1.29, 1.82) is 0 Å². The molecule has 0 radical (unpaired) electrons. The van der Waals surface area contributed by atoms with E-state index in [-0.39, 0.29) is 42.0 Å². The van der Waals surface area contributed by atoms with E-state index >= 15 is 0 Å². The molecule has 110 valence electrons. The monoisotopic (exact) mass is 298 g/mol. The van der Waals surface area contributed by atoms with Crippen molar-refractivity contribution in [3.63, 3.8) is 0 Å². The summed E-state index contributed by atoms with van der Waals surface area (Å²) in [5.41, 5.74) is 1.09. The van der Waals surface area contributed by atoms with Crippen molar-refractivity contribution in [1.82, 2.24) is 10.2 Å². The second kappa shape index (κ2) is 6.10. The zero-order chi connectivity index (χ0) is 13.4. The minimum Gasteiger partial charge on any atom is -0.337 e. The third-order valence-electron chi connectivity index (χ3n) is 4.19. The smallest absolute Gasteiger partial charge is 0.226 e. The van der Waals surface area contributed by atoms with Crippen LogP contribution in [-0.2, 0) is 4.79 Å². The molecule has 0 spiro atoms. The maximum Gasteiger partial charge on any atom is 0.226 e. The summed E-state index contributed by atoms with van der Waals surface area (Å²) >= 11 is 0. The van der Waals surface area contributed by atoms with Crippen LogP contribution < -0.4 is 5.32 Å². The number of nitrogens with one attached hydrogen (secondary N) is 1. The lowest BCUT2D eigenvalue weighted by molar-refractivity contribution is -0.135. The van der Waals surface area contributed by atoms with Crippen LogP contribution in [0.2, 0.25) is 0 Å². The average Bonchev–Trinajstić information content (AvgIpc) is 3.20. The predicted octanol–water partition coefficient (Wildman–Crippen LogP) is 2.17. The van der Waals surface area contributed by atoms with Crippen LogP contribution in [0.3, 0.4) is 0 Å². The van der Waals surface area contributed by atoms with Crippen molar-refractivity contribution in [3.05, 3.63) is 35.6 Å². The van der Waals surface area contributed by atoms with Gasteiger partial charge in [-0.2, -0.15) is 0 Å². The molecule has 3 rings (SSSR count). The summed E-state index contributed by atoms with van der Waals surface area (Å²) in [6.07, 6.45) is 0.904. The Kier molecular flexibility index (Phi) is 4.66. The van der Waals surface area contributed by atoms with Crippen molar-refractivity contribution in [2.24, 2.45) is 5.92 Å². The minimum absolute atomic E-state index is 0. The summed E-state index contributed by atoms with van der Waals surface area (Å²) in [5.74, 6) is 0.438. The largest absolute Gasteiger partial charge is 0.337 e. The van der Waals surface area contributed by atoms with E-state index in [9.17, 15) is 9.18 Å². The van der Waals surface area contributed by atoms with E-state index in [4.69, 9.17) is 0 Å². The molecule has 1 saturated heterocycles. The average molecular weight is 299 g/mol. The molecule has 1 aliphatic heterocycles. The van der Waals surface area contributed by atoms with Gasteiger partial charge in [0.25, 0.3) is 0 Å². The molecule has 20 heavy (non-hydrogen) atoms. The first-order chi connectivity index (χ1) is 9.16. The second-order valence-electron chi connectivity index (χ2n) is 5.59. The first kappa shape index (κ1) is 15.3. The van der Waals surface area contributed by atoms with Crippen LogP contribution in [0.25, 0.3) is 0 Å². The summed E-state index contributed by atoms with van der Waals surface area (Å²) < 4.78 is 12.9. The highest BCUT2D eigenvalue weighted by atomic mass is 35.5. The standard InChI is InChI=1S/C15H19FN2O.ClH/c1-10-9-17-6-7-18(10)15(19)14-8-13(14)11-2-4-12(16)5-3-11;/h2-5,10,13-14,17H,6-9H2,1H3;1H/t10-,13?,14?;/m0./s1. The first-order valence-corrected chi connectivity index (χ1v) is 6.93. The Labute approximate surface area is 124 Å². The molecule has 2 unspecified atom stereocenters. The quantitative estimate of drug-likeness (QED) is 0.907. The highest BCUT2D eigenvalue weighted by Gasteiger charge is 2.46. The molecule has 2 aliphatic rings. The van der Waals surface area contributed by atoms with Gasteiger partial charge in [-0.1, -0.05) is 12.1 Å². The molecule has 1 aromatic carbocycles. The summed E-state index contributed by atoms with van der Waals surface area (Å²) in [7, 11) is 0. The Morgan fingerprint density at radius 3 is 2.70 bits per heavy atom. The molecule has 1 N–H and O–H groups in total. The van der Waals surface area contributed by atoms with Gasteiger partial charge in [-0.05, 0) is 37.0 Å². The van der Waals surface area contributed by atoms with Gasteiger partial charge in [0.2, 0.25) is 5.91 Å². The predicted molar refractivity (Wildman–Crippen MR) is 78.5 cm³/mol. The van der Waals surface area contributed by atoms with Crippen molar-refractivity contribution in [3.8, 4) is 0 Å². The number of carbonyl (C=O) groups is 1. The maximum atomic E-state index is 12.9. The number of carbonyl (C=O) groups excluding carboxylic acids is 1. The van der Waals surface area contributed by atoms with Crippen molar-refractivity contribution in [2.45, 2.75) is 25.3 Å². The summed E-state index contributed by atoms with van der Waals surface area (Å²) in [4.78, 5) is 14.4. The molecule has 2 fully saturated rings. The number of amides is 1. The number of hydrogen-bond donors (Lipinski definition) is 1. The van der Waals surface area contributed by atoms with Gasteiger partial charge < -0.3 is 10.2 Å². The lowest BCUT2D eigenvalue weighted by atomic mass is 10.1. The summed E-state index contributed by atoms with van der Waals surface area (Å²) in [6, 6.07) is 6.82. The molecule has 1 aromatic rings. The number of hydrogen-bond acceptors (Lipinski definition) is 2. The van der Waals surface area contributed by atoms with Crippen LogP contribution in [0.15, 0.2) is 24.3 Å². The Morgan fingerprint density at radius 1 is 1.35 bits per heavy atom. The molecule has 1 amide bonds. The molecule has 5 heteroatoms. The zero-order valence-corrected chi connectivity index (χ0v) is 12.3. The van der Waals surface area contributed by atoms with Gasteiger partial charge in [0.15, 0.2) is 0 Å². The van der Waals surface area contributed by atoms with Crippen molar-refractivity contribution in [2.75, 3.05) is 19.6 Å². The van der Waals surface area contributed by atoms with Crippen LogP contribution in [0, 0.1) is 11.7 Å². The summed E-state index contributed by atoms with van der Waals surface area (Å²) in [6.45, 7) is 4.63. The van der Waals surface area contributed by atoms with E-state index in [1.807, 2.05) is 4.90 Å². The molecule has 1 heterocycles. The Morgan fingerprint density at radius 2 is 2.05 bits per heavy atom. The fraction of sp³-hybridized carbons (Fsp3) is 0.533. The summed E-state index contributed by atoms with van der Waals surface area (Å²) in [5, 5.41) is 3.29. The third-order valence-corrected chi connectivity index (χ3v) is 4.19. The highest BCUT2D eigenvalue weighted by Crippen LogP contribution is 2.48. The topological polar surface area (TPSA) is 32.3 Å². The third kappa shape index (κ3) is 2.96. The molecule has 0 aromatic heterocycles. The highest BCUT2D eigenvalue weighted by molar-refractivity contribution is 5.85. The van der Waals surface area contributed by atoms with E-state index < -0.39 is 0 Å². The van der Waals surface area contributed by atoms with Crippen LogP contribution >= 0.6 is 12.4 Å². The number of rotatable bonds is 2. The van der Waals surface area contributed by atoms with E-state index in [0.29, 0.717) is 0 Å². The molecule has 3 atom stereocenters. The van der Waals surface area contributed by atoms with E-state index in [1.54, 1.807) is 12.1 Å². The molecule has 1 aliphatic carbocycles. The molecule has 3 nitrogen and oxygen atoms in total. The van der Waals surface area contributed by atoms with Crippen molar-refractivity contribution < 1.29 is 9.18 Å². The van der Waals surface area contributed by atoms with Gasteiger partial charge in [0.05, 0.1) is 0 Å². The normalized spacial score (nSPS) is 28.7. The Hall–Kier alpha value is -1.13. The fourth-order valence-corrected chi connectivity index (χ4v) is 2.93. The van der Waals surface area contributed by atoms with Crippen LogP contribution in [0.5, 0.6) is 0 Å². The maximum absolute atomic E-state index is 12.9. The fourth-order valence-electron chi connectivity index (χ4n) is 2.93. The molecule has 0 bridgehead atoms.